The molecule has 0 fully saturated rings. The van der Waals surface area contributed by atoms with Crippen molar-refractivity contribution in [2.24, 2.45) is 0 Å². The minimum atomic E-state index is -4.98. The quantitative estimate of drug-likeness (QED) is 0.125. The van der Waals surface area contributed by atoms with Crippen LogP contribution in [-0.4, -0.2) is 63.7 Å². The van der Waals surface area contributed by atoms with Crippen LogP contribution in [0, 0.1) is 0 Å². The van der Waals surface area contributed by atoms with Crippen LogP contribution in [0.4, 0.5) is 11.4 Å². The molecule has 0 heterocycles. The maximum Gasteiger partial charge on any atom is 0.295 e. The maximum absolute atomic E-state index is 13.3. The average Bonchev–Trinajstić information content (AvgIpc) is 2.98. The highest BCUT2D eigenvalue weighted by molar-refractivity contribution is 7.87. The van der Waals surface area contributed by atoms with Crippen molar-refractivity contribution in [3.63, 3.8) is 0 Å². The van der Waals surface area contributed by atoms with Gasteiger partial charge < -0.3 is 10.6 Å². The van der Waals surface area contributed by atoms with Crippen LogP contribution in [0.15, 0.2) is 105 Å². The molecule has 0 saturated carbocycles. The van der Waals surface area contributed by atoms with E-state index in [-0.39, 0.29) is 33.3 Å². The Morgan fingerprint density at radius 2 is 0.771 bits per heavy atom. The summed E-state index contributed by atoms with van der Waals surface area (Å²) in [7, 11) is -19.7. The number of hydrogen-bond acceptors (Lipinski definition) is 10. The lowest BCUT2D eigenvalue weighted by Crippen LogP contribution is -2.17. The molecule has 0 radical (unpaired) electrons. The number of carbonyl (C=O) groups is 2. The number of rotatable bonds is 8. The Balaban J connectivity index is 1.55. The lowest BCUT2D eigenvalue weighted by molar-refractivity contribution is 0.102. The third kappa shape index (κ3) is 6.77. The zero-order chi connectivity index (χ0) is 35.4. The first-order valence-electron chi connectivity index (χ1n) is 12.9. The monoisotopic (exact) mass is 736 g/mol. The van der Waals surface area contributed by atoms with Crippen LogP contribution in [0.2, 0.25) is 0 Å². The predicted molar refractivity (Wildman–Crippen MR) is 170 cm³/mol. The molecule has 0 spiro atoms. The number of anilines is 2. The van der Waals surface area contributed by atoms with Gasteiger partial charge in [0.15, 0.2) is 0 Å². The molecule has 0 bridgehead atoms. The summed E-state index contributed by atoms with van der Waals surface area (Å²) in [4.78, 5) is 23.6. The van der Waals surface area contributed by atoms with E-state index in [1.807, 2.05) is 0 Å². The van der Waals surface area contributed by atoms with E-state index in [9.17, 15) is 61.5 Å². The van der Waals surface area contributed by atoms with E-state index in [4.69, 9.17) is 0 Å². The van der Waals surface area contributed by atoms with Crippen molar-refractivity contribution in [1.29, 1.82) is 0 Å². The van der Waals surface area contributed by atoms with Crippen LogP contribution >= 0.6 is 0 Å². The van der Waals surface area contributed by atoms with Crippen LogP contribution in [0.1, 0.15) is 20.7 Å². The molecule has 0 aliphatic carbocycles. The van der Waals surface area contributed by atoms with Crippen molar-refractivity contribution < 1.29 is 61.5 Å². The normalized spacial score (nSPS) is 12.6. The van der Waals surface area contributed by atoms with Gasteiger partial charge in [-0.25, -0.2) is 0 Å². The Hall–Kier alpha value is -4.80. The van der Waals surface area contributed by atoms with Gasteiger partial charge in [-0.15, -0.1) is 0 Å². The molecular weight excluding hydrogens is 717 g/mol. The Bertz CT molecular complexity index is 2480. The van der Waals surface area contributed by atoms with Gasteiger partial charge in [0.2, 0.25) is 0 Å². The molecule has 0 atom stereocenters. The van der Waals surface area contributed by atoms with Gasteiger partial charge in [0.1, 0.15) is 19.6 Å². The molecule has 6 N–H and O–H groups in total. The van der Waals surface area contributed by atoms with Crippen LogP contribution in [0.3, 0.4) is 0 Å². The van der Waals surface area contributed by atoms with Crippen molar-refractivity contribution in [1.82, 2.24) is 0 Å². The van der Waals surface area contributed by atoms with E-state index in [2.05, 4.69) is 10.6 Å². The van der Waals surface area contributed by atoms with Crippen molar-refractivity contribution >= 4 is 85.2 Å². The fourth-order valence-corrected chi connectivity index (χ4v) is 7.80. The fraction of sp³-hybridized carbons (Fsp3) is 0. The van der Waals surface area contributed by atoms with Crippen LogP contribution in [-0.2, 0) is 40.5 Å². The van der Waals surface area contributed by atoms with Gasteiger partial charge in [-0.1, -0.05) is 30.3 Å². The fourth-order valence-electron chi connectivity index (χ4n) is 4.97. The first-order valence-corrected chi connectivity index (χ1v) is 18.7. The number of fused-ring (bicyclic) bond motifs is 2. The van der Waals surface area contributed by atoms with Crippen molar-refractivity contribution in [3.8, 4) is 0 Å². The summed E-state index contributed by atoms with van der Waals surface area (Å²) >= 11 is 0. The van der Waals surface area contributed by atoms with Crippen molar-refractivity contribution in [2.75, 3.05) is 10.6 Å². The van der Waals surface area contributed by atoms with Crippen molar-refractivity contribution in [2.45, 2.75) is 19.6 Å². The summed E-state index contributed by atoms with van der Waals surface area (Å²) in [5.74, 6) is -1.90. The smallest absolute Gasteiger partial charge is 0.295 e. The molecular formula is C28H20N2O14S4. The highest BCUT2D eigenvalue weighted by Crippen LogP contribution is 2.36. The van der Waals surface area contributed by atoms with E-state index in [1.54, 1.807) is 0 Å². The number of nitrogens with one attached hydrogen (secondary N) is 2. The highest BCUT2D eigenvalue weighted by Gasteiger charge is 2.25. The SMILES string of the molecule is O=C(Nc1ccc(S(=O)(=O)O)c2cccc(S(=O)(=O)O)c12)c1cccc(C(=O)Nc2ccc(S(=O)(=O)O)c3cccc(S(=O)(=O)O)c23)c1. The molecule has 5 rings (SSSR count). The van der Waals surface area contributed by atoms with Crippen LogP contribution in [0.5, 0.6) is 0 Å². The second-order valence-corrected chi connectivity index (χ2v) is 15.5. The molecule has 0 aromatic heterocycles. The maximum atomic E-state index is 13.3. The summed E-state index contributed by atoms with van der Waals surface area (Å²) < 4.78 is 135. The van der Waals surface area contributed by atoms with Gasteiger partial charge in [0.05, 0.1) is 11.4 Å². The molecule has 20 heteroatoms. The van der Waals surface area contributed by atoms with Crippen LogP contribution < -0.4 is 10.6 Å². The lowest BCUT2D eigenvalue weighted by Gasteiger charge is -2.15. The minimum absolute atomic E-state index is 0.204. The largest absolute Gasteiger partial charge is 0.321 e. The van der Waals surface area contributed by atoms with E-state index in [0.29, 0.717) is 0 Å². The summed E-state index contributed by atoms with van der Waals surface area (Å²) in [5, 5.41) is 3.15. The molecule has 48 heavy (non-hydrogen) atoms. The third-order valence-electron chi connectivity index (χ3n) is 6.92. The first-order chi connectivity index (χ1) is 22.2. The second-order valence-electron chi connectivity index (χ2n) is 9.97. The van der Waals surface area contributed by atoms with Crippen molar-refractivity contribution in [3.05, 3.63) is 96.1 Å². The van der Waals surface area contributed by atoms with E-state index in [0.717, 1.165) is 66.7 Å². The van der Waals surface area contributed by atoms with E-state index >= 15 is 0 Å². The summed E-state index contributed by atoms with van der Waals surface area (Å²) in [6.07, 6.45) is 0. The standard InChI is InChI=1S/C28H20N2O14S4/c31-27(29-19-10-12-21(45(33,34)35)17-6-2-8-23(25(17)19)47(39,40)41)15-4-1-5-16(14-15)28(32)30-20-11-13-22(46(36,37)38)18-7-3-9-24(26(18)20)48(42,43)44/h1-14H,(H,29,31)(H,30,32)(H,33,34,35)(H,36,37,38)(H,39,40,41)(H,42,43,44). The molecule has 0 saturated heterocycles. The second kappa shape index (κ2) is 12.0. The summed E-state index contributed by atoms with van der Waals surface area (Å²) in [6.45, 7) is 0. The number of hydrogen-bond donors (Lipinski definition) is 6. The Kier molecular flexibility index (Phi) is 8.65. The molecule has 0 aliphatic rings. The lowest BCUT2D eigenvalue weighted by atomic mass is 10.1. The average molecular weight is 737 g/mol. The number of amides is 2. The topological polar surface area (TPSA) is 276 Å². The van der Waals surface area contributed by atoms with Gasteiger partial charge in [0, 0.05) is 32.7 Å². The molecule has 16 nitrogen and oxygen atoms in total. The molecule has 2 amide bonds. The van der Waals surface area contributed by atoms with Gasteiger partial charge in [0.25, 0.3) is 52.3 Å². The number of benzene rings is 5. The first kappa shape index (κ1) is 34.5. The summed E-state index contributed by atoms with van der Waals surface area (Å²) in [6, 6.07) is 14.9. The van der Waals surface area contributed by atoms with Crippen LogP contribution in [0.25, 0.3) is 21.5 Å². The molecule has 250 valence electrons. The summed E-state index contributed by atoms with van der Waals surface area (Å²) in [5.41, 5.74) is -1.00. The Morgan fingerprint density at radius 1 is 0.438 bits per heavy atom. The van der Waals surface area contributed by atoms with E-state index < -0.39 is 82.6 Å². The van der Waals surface area contributed by atoms with Gasteiger partial charge in [-0.3, -0.25) is 27.8 Å². The number of carbonyl (C=O) groups excluding carboxylic acids is 2. The molecule has 5 aromatic rings. The Morgan fingerprint density at radius 3 is 1.10 bits per heavy atom. The molecule has 0 unspecified atom stereocenters. The van der Waals surface area contributed by atoms with E-state index in [1.165, 1.54) is 18.2 Å². The third-order valence-corrected chi connectivity index (χ3v) is 10.5. The molecule has 5 aromatic carbocycles. The predicted octanol–water partition coefficient (Wildman–Crippen LogP) is 3.48. The van der Waals surface area contributed by atoms with Gasteiger partial charge >= 0.3 is 0 Å². The zero-order valence-corrected chi connectivity index (χ0v) is 26.9. The zero-order valence-electron chi connectivity index (χ0n) is 23.6. The Labute approximate surface area is 272 Å². The van der Waals surface area contributed by atoms with Gasteiger partial charge in [-0.05, 0) is 54.6 Å². The molecule has 0 aliphatic heterocycles. The highest BCUT2D eigenvalue weighted by atomic mass is 32.2. The van der Waals surface area contributed by atoms with Gasteiger partial charge in [-0.2, -0.15) is 33.7 Å². The minimum Gasteiger partial charge on any atom is -0.321 e.